The highest BCUT2D eigenvalue weighted by Gasteiger charge is 2.32. The van der Waals surface area contributed by atoms with Crippen LogP contribution < -0.4 is 10.6 Å². The molecular weight excluding hydrogens is 391 g/mol. The van der Waals surface area contributed by atoms with E-state index in [1.807, 2.05) is 6.92 Å². The molecule has 29 heavy (non-hydrogen) atoms. The van der Waals surface area contributed by atoms with Crippen LogP contribution in [-0.2, 0) is 0 Å². The van der Waals surface area contributed by atoms with Gasteiger partial charge in [-0.05, 0) is 49.9 Å². The molecule has 1 saturated heterocycles. The first-order valence-electron chi connectivity index (χ1n) is 9.86. The molecule has 0 spiro atoms. The zero-order valence-corrected chi connectivity index (χ0v) is 16.8. The number of hydrogen-bond donors (Lipinski definition) is 2. The standard InChI is InChI=1S/C20H29F5N4/c1-14(17-4-3-16(21)11-18(17)22)12-28-19(26-2)27-8-5-15-6-9-29(10-7-15)13-20(23,24)25/h3-4,11,14-15H,5-10,12-13H2,1-2H3,(H2,26,27,28). The van der Waals surface area contributed by atoms with Gasteiger partial charge >= 0.3 is 6.18 Å². The second-order valence-corrected chi connectivity index (χ2v) is 7.57. The van der Waals surface area contributed by atoms with Crippen molar-refractivity contribution >= 4 is 5.96 Å². The summed E-state index contributed by atoms with van der Waals surface area (Å²) in [7, 11) is 1.63. The van der Waals surface area contributed by atoms with E-state index in [9.17, 15) is 22.0 Å². The topological polar surface area (TPSA) is 39.7 Å². The van der Waals surface area contributed by atoms with E-state index in [-0.39, 0.29) is 5.92 Å². The molecule has 1 aliphatic heterocycles. The Hall–Kier alpha value is -1.90. The average Bonchev–Trinajstić information content (AvgIpc) is 2.64. The Balaban J connectivity index is 1.68. The molecular formula is C20H29F5N4. The van der Waals surface area contributed by atoms with E-state index in [0.29, 0.717) is 43.6 Å². The molecule has 0 aromatic heterocycles. The van der Waals surface area contributed by atoms with Crippen LogP contribution in [0.3, 0.4) is 0 Å². The molecule has 0 bridgehead atoms. The number of halogens is 5. The van der Waals surface area contributed by atoms with Crippen LogP contribution in [0.4, 0.5) is 22.0 Å². The van der Waals surface area contributed by atoms with Crippen LogP contribution in [0.2, 0.25) is 0 Å². The highest BCUT2D eigenvalue weighted by atomic mass is 19.4. The third-order valence-electron chi connectivity index (χ3n) is 5.25. The zero-order chi connectivity index (χ0) is 21.4. The summed E-state index contributed by atoms with van der Waals surface area (Å²) in [5.41, 5.74) is 0.431. The van der Waals surface area contributed by atoms with Crippen molar-refractivity contribution in [2.75, 3.05) is 39.8 Å². The number of guanidine groups is 1. The molecule has 4 nitrogen and oxygen atoms in total. The molecule has 9 heteroatoms. The molecule has 1 aliphatic rings. The van der Waals surface area contributed by atoms with Gasteiger partial charge in [0.15, 0.2) is 5.96 Å². The molecule has 1 heterocycles. The number of alkyl halides is 3. The predicted octanol–water partition coefficient (Wildman–Crippen LogP) is 3.90. The molecule has 164 valence electrons. The van der Waals surface area contributed by atoms with Crippen molar-refractivity contribution in [1.82, 2.24) is 15.5 Å². The summed E-state index contributed by atoms with van der Waals surface area (Å²) in [5, 5.41) is 6.31. The highest BCUT2D eigenvalue weighted by molar-refractivity contribution is 5.79. The number of likely N-dealkylation sites (tertiary alicyclic amines) is 1. The van der Waals surface area contributed by atoms with Crippen LogP contribution >= 0.6 is 0 Å². The van der Waals surface area contributed by atoms with Gasteiger partial charge in [-0.15, -0.1) is 0 Å². The number of nitrogens with zero attached hydrogens (tertiary/aromatic N) is 2. The van der Waals surface area contributed by atoms with E-state index in [2.05, 4.69) is 15.6 Å². The van der Waals surface area contributed by atoms with Gasteiger partial charge in [0.2, 0.25) is 0 Å². The van der Waals surface area contributed by atoms with Gasteiger partial charge < -0.3 is 10.6 Å². The largest absolute Gasteiger partial charge is 0.401 e. The average molecular weight is 420 g/mol. The molecule has 2 N–H and O–H groups in total. The maximum atomic E-state index is 13.9. The second kappa shape index (κ2) is 10.8. The van der Waals surface area contributed by atoms with E-state index < -0.39 is 24.4 Å². The third kappa shape index (κ3) is 8.16. The summed E-state index contributed by atoms with van der Waals surface area (Å²) < 4.78 is 64.2. The van der Waals surface area contributed by atoms with Gasteiger partial charge in [0.25, 0.3) is 0 Å². The number of nitrogens with one attached hydrogen (secondary N) is 2. The van der Waals surface area contributed by atoms with Crippen LogP contribution in [0.15, 0.2) is 23.2 Å². The Labute approximate surface area is 168 Å². The Morgan fingerprint density at radius 3 is 2.48 bits per heavy atom. The van der Waals surface area contributed by atoms with Crippen molar-refractivity contribution in [3.05, 3.63) is 35.4 Å². The van der Waals surface area contributed by atoms with E-state index in [0.717, 1.165) is 25.3 Å². The van der Waals surface area contributed by atoms with Gasteiger partial charge in [0.1, 0.15) is 11.6 Å². The quantitative estimate of drug-likeness (QED) is 0.399. The van der Waals surface area contributed by atoms with Crippen molar-refractivity contribution in [3.63, 3.8) is 0 Å². The minimum Gasteiger partial charge on any atom is -0.356 e. The fourth-order valence-corrected chi connectivity index (χ4v) is 3.56. The molecule has 2 rings (SSSR count). The van der Waals surface area contributed by atoms with Crippen molar-refractivity contribution in [1.29, 1.82) is 0 Å². The SMILES string of the molecule is CN=C(NCCC1CCN(CC(F)(F)F)CC1)NCC(C)c1ccc(F)cc1F. The fraction of sp³-hybridized carbons (Fsp3) is 0.650. The van der Waals surface area contributed by atoms with Gasteiger partial charge in [-0.3, -0.25) is 9.89 Å². The van der Waals surface area contributed by atoms with Crippen LogP contribution in [-0.4, -0.2) is 56.8 Å². The summed E-state index contributed by atoms with van der Waals surface area (Å²) in [6, 6.07) is 3.55. The molecule has 1 unspecified atom stereocenters. The lowest BCUT2D eigenvalue weighted by atomic mass is 9.93. The Morgan fingerprint density at radius 1 is 1.21 bits per heavy atom. The van der Waals surface area contributed by atoms with Gasteiger partial charge in [-0.2, -0.15) is 13.2 Å². The monoisotopic (exact) mass is 420 g/mol. The molecule has 0 aliphatic carbocycles. The summed E-state index contributed by atoms with van der Waals surface area (Å²) in [6.07, 6.45) is -1.78. The Bertz CT molecular complexity index is 669. The molecule has 1 aromatic rings. The van der Waals surface area contributed by atoms with Crippen molar-refractivity contribution in [3.8, 4) is 0 Å². The van der Waals surface area contributed by atoms with E-state index >= 15 is 0 Å². The third-order valence-corrected chi connectivity index (χ3v) is 5.25. The lowest BCUT2D eigenvalue weighted by molar-refractivity contribution is -0.148. The van der Waals surface area contributed by atoms with Crippen LogP contribution in [0.1, 0.15) is 37.7 Å². The lowest BCUT2D eigenvalue weighted by Gasteiger charge is -2.32. The smallest absolute Gasteiger partial charge is 0.356 e. The van der Waals surface area contributed by atoms with Crippen LogP contribution in [0, 0.1) is 17.6 Å². The summed E-state index contributed by atoms with van der Waals surface area (Å²) in [4.78, 5) is 5.59. The normalized spacial score (nSPS) is 18.0. The van der Waals surface area contributed by atoms with E-state index in [1.165, 1.54) is 17.0 Å². The van der Waals surface area contributed by atoms with Gasteiger partial charge in [-0.25, -0.2) is 8.78 Å². The first-order valence-corrected chi connectivity index (χ1v) is 9.86. The first-order chi connectivity index (χ1) is 13.7. The summed E-state index contributed by atoms with van der Waals surface area (Å²) >= 11 is 0. The first kappa shape index (κ1) is 23.4. The van der Waals surface area contributed by atoms with Crippen molar-refractivity contribution in [2.45, 2.75) is 38.3 Å². The molecule has 1 atom stereocenters. The molecule has 1 aromatic carbocycles. The van der Waals surface area contributed by atoms with E-state index in [1.54, 1.807) is 7.05 Å². The fourth-order valence-electron chi connectivity index (χ4n) is 3.56. The number of rotatable bonds is 7. The summed E-state index contributed by atoms with van der Waals surface area (Å²) in [5.74, 6) is -0.384. The second-order valence-electron chi connectivity index (χ2n) is 7.57. The lowest BCUT2D eigenvalue weighted by Crippen LogP contribution is -2.42. The Morgan fingerprint density at radius 2 is 1.90 bits per heavy atom. The minimum absolute atomic E-state index is 0.174. The molecule has 0 saturated carbocycles. The highest BCUT2D eigenvalue weighted by Crippen LogP contribution is 2.24. The van der Waals surface area contributed by atoms with Gasteiger partial charge in [0, 0.05) is 32.1 Å². The zero-order valence-electron chi connectivity index (χ0n) is 16.8. The molecule has 0 amide bonds. The van der Waals surface area contributed by atoms with Gasteiger partial charge in [0.05, 0.1) is 6.54 Å². The van der Waals surface area contributed by atoms with E-state index in [4.69, 9.17) is 0 Å². The van der Waals surface area contributed by atoms with Gasteiger partial charge in [-0.1, -0.05) is 13.0 Å². The Kier molecular flexibility index (Phi) is 8.67. The van der Waals surface area contributed by atoms with Crippen LogP contribution in [0.25, 0.3) is 0 Å². The minimum atomic E-state index is -4.14. The number of hydrogen-bond acceptors (Lipinski definition) is 2. The maximum absolute atomic E-state index is 13.9. The van der Waals surface area contributed by atoms with Crippen LogP contribution in [0.5, 0.6) is 0 Å². The molecule has 1 fully saturated rings. The molecule has 0 radical (unpaired) electrons. The number of benzene rings is 1. The van der Waals surface area contributed by atoms with Crippen molar-refractivity contribution < 1.29 is 22.0 Å². The number of aliphatic imine (C=N–C) groups is 1. The maximum Gasteiger partial charge on any atom is 0.401 e. The predicted molar refractivity (Wildman–Crippen MR) is 104 cm³/mol. The van der Waals surface area contributed by atoms with Crippen molar-refractivity contribution in [2.24, 2.45) is 10.9 Å². The number of piperidine rings is 1. The summed E-state index contributed by atoms with van der Waals surface area (Å²) in [6.45, 7) is 3.03.